The Bertz CT molecular complexity index is 266. The van der Waals surface area contributed by atoms with Crippen LogP contribution in [0.5, 0.6) is 0 Å². The van der Waals surface area contributed by atoms with Crippen LogP contribution in [0.25, 0.3) is 0 Å². The minimum atomic E-state index is -1.28. The van der Waals surface area contributed by atoms with E-state index in [1.807, 2.05) is 0 Å². The smallest absolute Gasteiger partial charge is 1.00 e. The van der Waals surface area contributed by atoms with Gasteiger partial charge in [0.25, 0.3) is 0 Å². The molecule has 0 saturated heterocycles. The zero-order valence-electron chi connectivity index (χ0n) is 9.86. The summed E-state index contributed by atoms with van der Waals surface area (Å²) in [6.07, 6.45) is 12.4. The molecule has 0 aromatic carbocycles. The van der Waals surface area contributed by atoms with Crippen LogP contribution in [0.4, 0.5) is 0 Å². The molecule has 0 aromatic heterocycles. The number of allylic oxidation sites excluding steroid dienone is 2. The first kappa shape index (κ1) is 20.7. The Kier molecular flexibility index (Phi) is 17.1. The molecular formula is C12H17BrMgSi. The van der Waals surface area contributed by atoms with Crippen molar-refractivity contribution in [3.8, 4) is 17.4 Å². The van der Waals surface area contributed by atoms with Crippen LogP contribution >= 0.6 is 0 Å². The van der Waals surface area contributed by atoms with Gasteiger partial charge in [-0.2, -0.15) is 6.08 Å². The molecule has 0 bridgehead atoms. The monoisotopic (exact) mass is 292 g/mol. The fourth-order valence-electron chi connectivity index (χ4n) is 1.00. The Balaban J connectivity index is -0.000000720. The average Bonchev–Trinajstić information content (AvgIpc) is 2.09. The van der Waals surface area contributed by atoms with Gasteiger partial charge in [0.05, 0.1) is 0 Å². The molecule has 0 aliphatic carbocycles. The number of rotatable bonds is 3. The number of hydrogen-bond donors (Lipinski definition) is 0. The van der Waals surface area contributed by atoms with E-state index in [4.69, 9.17) is 6.42 Å². The third kappa shape index (κ3) is 14.3. The van der Waals surface area contributed by atoms with E-state index >= 15 is 0 Å². The van der Waals surface area contributed by atoms with Gasteiger partial charge in [0.15, 0.2) is 0 Å². The summed E-state index contributed by atoms with van der Waals surface area (Å²) < 4.78 is 0. The molecule has 3 heteroatoms. The normalized spacial score (nSPS) is 9.20. The summed E-state index contributed by atoms with van der Waals surface area (Å²) in [4.78, 5) is 0. The second kappa shape index (κ2) is 12.4. The Morgan fingerprint density at radius 1 is 1.27 bits per heavy atom. The van der Waals surface area contributed by atoms with Crippen LogP contribution in [0, 0.1) is 23.8 Å². The molecule has 0 saturated carbocycles. The van der Waals surface area contributed by atoms with Crippen LogP contribution in [0.1, 0.15) is 19.8 Å². The van der Waals surface area contributed by atoms with Crippen molar-refractivity contribution in [1.82, 2.24) is 0 Å². The van der Waals surface area contributed by atoms with Crippen LogP contribution in [0.15, 0.2) is 12.2 Å². The minimum absolute atomic E-state index is 0. The Morgan fingerprint density at radius 2 is 1.87 bits per heavy atom. The standard InChI is InChI=1S/C12H17Si.BrH.Mg/c1-5-7-9-10-12-13(3,4)11-8-6-2;;/h7,9H,6,8,11H2,2-4H3;1H;/q-1;;+2/p-1. The largest absolute Gasteiger partial charge is 2.00 e. The van der Waals surface area contributed by atoms with Gasteiger partial charge >= 0.3 is 23.1 Å². The van der Waals surface area contributed by atoms with E-state index in [-0.39, 0.29) is 40.0 Å². The van der Waals surface area contributed by atoms with Crippen molar-refractivity contribution >= 4 is 31.1 Å². The first-order chi connectivity index (χ1) is 6.12. The topological polar surface area (TPSA) is 0 Å². The third-order valence-electron chi connectivity index (χ3n) is 1.82. The molecule has 0 radical (unpaired) electrons. The SMILES string of the molecule is [Br-].[C-]#CC=CC#C[Si](C)(C)CCCC.[Mg+2]. The van der Waals surface area contributed by atoms with Crippen LogP contribution < -0.4 is 17.0 Å². The van der Waals surface area contributed by atoms with Crippen molar-refractivity contribution in [3.05, 3.63) is 18.6 Å². The average molecular weight is 294 g/mol. The Morgan fingerprint density at radius 3 is 2.33 bits per heavy atom. The van der Waals surface area contributed by atoms with Crippen molar-refractivity contribution in [1.29, 1.82) is 0 Å². The van der Waals surface area contributed by atoms with Crippen LogP contribution in [0.2, 0.25) is 19.1 Å². The van der Waals surface area contributed by atoms with E-state index in [1.54, 1.807) is 6.08 Å². The molecule has 0 nitrogen and oxygen atoms in total. The first-order valence-electron chi connectivity index (χ1n) is 4.72. The second-order valence-corrected chi connectivity index (χ2v) is 8.25. The summed E-state index contributed by atoms with van der Waals surface area (Å²) in [5, 5.41) is 0. The van der Waals surface area contributed by atoms with E-state index in [9.17, 15) is 0 Å². The van der Waals surface area contributed by atoms with E-state index < -0.39 is 8.07 Å². The molecule has 0 amide bonds. The summed E-state index contributed by atoms with van der Waals surface area (Å²) in [7, 11) is -1.28. The zero-order chi connectivity index (χ0) is 10.2. The van der Waals surface area contributed by atoms with E-state index in [2.05, 4.69) is 37.4 Å². The molecule has 15 heavy (non-hydrogen) atoms. The van der Waals surface area contributed by atoms with Gasteiger partial charge in [-0.1, -0.05) is 38.9 Å². The predicted octanol–water partition coefficient (Wildman–Crippen LogP) is -0.193. The number of unbranched alkanes of at least 4 members (excludes halogenated alkanes) is 1. The molecule has 0 heterocycles. The molecule has 0 spiro atoms. The van der Waals surface area contributed by atoms with Crippen molar-refractivity contribution in [3.63, 3.8) is 0 Å². The molecule has 0 rings (SSSR count). The van der Waals surface area contributed by atoms with Gasteiger partial charge in [-0.15, -0.1) is 11.5 Å². The molecule has 0 atom stereocenters. The van der Waals surface area contributed by atoms with Gasteiger partial charge in [0.1, 0.15) is 8.07 Å². The van der Waals surface area contributed by atoms with E-state index in [0.717, 1.165) is 0 Å². The van der Waals surface area contributed by atoms with Gasteiger partial charge in [-0.05, 0) is 6.04 Å². The van der Waals surface area contributed by atoms with Crippen LogP contribution in [0.3, 0.4) is 0 Å². The molecule has 0 aliphatic rings. The maximum atomic E-state index is 6.65. The van der Waals surface area contributed by atoms with Gasteiger partial charge in [0.2, 0.25) is 0 Å². The summed E-state index contributed by atoms with van der Waals surface area (Å²) >= 11 is 0. The molecule has 0 fully saturated rings. The van der Waals surface area contributed by atoms with Crippen LogP contribution in [-0.2, 0) is 0 Å². The molecule has 0 N–H and O–H groups in total. The molecular weight excluding hydrogens is 276 g/mol. The van der Waals surface area contributed by atoms with Crippen molar-refractivity contribution < 1.29 is 17.0 Å². The van der Waals surface area contributed by atoms with Crippen molar-refractivity contribution in [2.75, 3.05) is 0 Å². The molecule has 0 aromatic rings. The quantitative estimate of drug-likeness (QED) is 0.384. The summed E-state index contributed by atoms with van der Waals surface area (Å²) in [5.41, 5.74) is 3.31. The van der Waals surface area contributed by atoms with Crippen LogP contribution in [-0.4, -0.2) is 31.1 Å². The maximum Gasteiger partial charge on any atom is 2.00 e. The fourth-order valence-corrected chi connectivity index (χ4v) is 2.84. The Labute approximate surface area is 122 Å². The van der Waals surface area contributed by atoms with Crippen molar-refractivity contribution in [2.24, 2.45) is 0 Å². The number of halogens is 1. The predicted molar refractivity (Wildman–Crippen MR) is 67.0 cm³/mol. The molecule has 78 valence electrons. The van der Waals surface area contributed by atoms with Gasteiger partial charge in [0, 0.05) is 0 Å². The second-order valence-electron chi connectivity index (χ2n) is 3.73. The van der Waals surface area contributed by atoms with Gasteiger partial charge in [-0.25, -0.2) is 0 Å². The van der Waals surface area contributed by atoms with Crippen molar-refractivity contribution in [2.45, 2.75) is 38.9 Å². The minimum Gasteiger partial charge on any atom is -1.00 e. The zero-order valence-corrected chi connectivity index (χ0v) is 13.9. The van der Waals surface area contributed by atoms with E-state index in [0.29, 0.717) is 0 Å². The molecule has 0 unspecified atom stereocenters. The van der Waals surface area contributed by atoms with E-state index in [1.165, 1.54) is 25.0 Å². The third-order valence-corrected chi connectivity index (χ3v) is 4.24. The summed E-state index contributed by atoms with van der Waals surface area (Å²) in [6.45, 7) is 6.79. The number of hydrogen-bond acceptors (Lipinski definition) is 0. The summed E-state index contributed by atoms with van der Waals surface area (Å²) in [5.74, 6) is 5.16. The first-order valence-corrected chi connectivity index (χ1v) is 7.93. The molecule has 0 aliphatic heterocycles. The van der Waals surface area contributed by atoms with Gasteiger partial charge in [-0.3, -0.25) is 5.92 Å². The fraction of sp³-hybridized carbons (Fsp3) is 0.500. The Hall–Kier alpha value is 0.323. The van der Waals surface area contributed by atoms with Gasteiger partial charge < -0.3 is 23.4 Å². The maximum absolute atomic E-state index is 6.65. The summed E-state index contributed by atoms with van der Waals surface area (Å²) in [6, 6.07) is 1.28.